The van der Waals surface area contributed by atoms with Gasteiger partial charge in [0.05, 0.1) is 5.02 Å². The Morgan fingerprint density at radius 2 is 2.12 bits per heavy atom. The number of nitrogens with zero attached hydrogens (tertiary/aromatic N) is 3. The van der Waals surface area contributed by atoms with Crippen molar-refractivity contribution in [1.82, 2.24) is 9.97 Å². The lowest BCUT2D eigenvalue weighted by molar-refractivity contribution is -0.147. The molecule has 3 heterocycles. The molecule has 1 atom stereocenters. The van der Waals surface area contributed by atoms with E-state index in [-0.39, 0.29) is 25.4 Å². The van der Waals surface area contributed by atoms with E-state index in [9.17, 15) is 4.79 Å². The first-order chi connectivity index (χ1) is 12.7. The van der Waals surface area contributed by atoms with Crippen LogP contribution in [0.5, 0.6) is 11.5 Å². The molecule has 0 saturated carbocycles. The van der Waals surface area contributed by atoms with Crippen LogP contribution in [0.15, 0.2) is 30.6 Å². The van der Waals surface area contributed by atoms with Crippen LogP contribution in [0.2, 0.25) is 5.02 Å². The van der Waals surface area contributed by atoms with Crippen molar-refractivity contribution >= 4 is 23.5 Å². The number of rotatable bonds is 4. The lowest BCUT2D eigenvalue weighted by Crippen LogP contribution is -2.46. The highest BCUT2D eigenvalue weighted by atomic mass is 35.5. The van der Waals surface area contributed by atoms with Gasteiger partial charge in [-0.3, -0.25) is 0 Å². The predicted octanol–water partition coefficient (Wildman–Crippen LogP) is 2.96. The minimum Gasteiger partial charge on any atom is -0.459 e. The van der Waals surface area contributed by atoms with Crippen LogP contribution in [0, 0.1) is 0 Å². The molecule has 1 aromatic carbocycles. The highest BCUT2D eigenvalue weighted by molar-refractivity contribution is 6.32. The van der Waals surface area contributed by atoms with Crippen LogP contribution < -0.4 is 14.4 Å². The number of esters is 1. The fraction of sp³-hybridized carbons (Fsp3) is 0.389. The number of carbonyl (C=O) groups excluding carboxylic acids is 1. The average Bonchev–Trinajstić information content (AvgIpc) is 3.16. The zero-order valence-corrected chi connectivity index (χ0v) is 14.8. The molecule has 1 fully saturated rings. The summed E-state index contributed by atoms with van der Waals surface area (Å²) in [6, 6.07) is 4.88. The minimum absolute atomic E-state index is 0.120. The van der Waals surface area contributed by atoms with Crippen LogP contribution in [0.25, 0.3) is 0 Å². The maximum atomic E-state index is 12.7. The zero-order valence-electron chi connectivity index (χ0n) is 14.1. The normalized spacial score (nSPS) is 18.7. The van der Waals surface area contributed by atoms with Gasteiger partial charge >= 0.3 is 5.97 Å². The van der Waals surface area contributed by atoms with Crippen molar-refractivity contribution in [2.75, 3.05) is 18.2 Å². The van der Waals surface area contributed by atoms with Gasteiger partial charge in [-0.15, -0.1) is 0 Å². The summed E-state index contributed by atoms with van der Waals surface area (Å²) >= 11 is 6.17. The molecular formula is C18H18ClN3O4. The van der Waals surface area contributed by atoms with E-state index >= 15 is 0 Å². The SMILES string of the molecule is O=C(OCc1cc(Cl)c2c(c1)OCO2)C1CCCCN1c1ncccn1. The maximum Gasteiger partial charge on any atom is 0.329 e. The van der Waals surface area contributed by atoms with Gasteiger partial charge in [0.15, 0.2) is 11.5 Å². The number of hydrogen-bond acceptors (Lipinski definition) is 7. The average molecular weight is 376 g/mol. The van der Waals surface area contributed by atoms with Crippen LogP contribution >= 0.6 is 11.6 Å². The number of fused-ring (bicyclic) bond motifs is 1. The van der Waals surface area contributed by atoms with E-state index in [2.05, 4.69) is 9.97 Å². The number of carbonyl (C=O) groups is 1. The summed E-state index contributed by atoms with van der Waals surface area (Å²) < 4.78 is 16.2. The number of piperidine rings is 1. The molecule has 2 aromatic rings. The Morgan fingerprint density at radius 1 is 1.27 bits per heavy atom. The van der Waals surface area contributed by atoms with Crippen molar-refractivity contribution < 1.29 is 19.0 Å². The third-order valence-electron chi connectivity index (χ3n) is 4.45. The van der Waals surface area contributed by atoms with Crippen LogP contribution in [-0.4, -0.2) is 35.3 Å². The Bertz CT molecular complexity index is 803. The first kappa shape index (κ1) is 16.9. The molecule has 1 unspecified atom stereocenters. The summed E-state index contributed by atoms with van der Waals surface area (Å²) in [4.78, 5) is 23.1. The number of anilines is 1. The van der Waals surface area contributed by atoms with Crippen molar-refractivity contribution in [3.63, 3.8) is 0 Å². The van der Waals surface area contributed by atoms with E-state index in [0.717, 1.165) is 31.4 Å². The van der Waals surface area contributed by atoms with Crippen molar-refractivity contribution in [2.45, 2.75) is 31.9 Å². The molecular weight excluding hydrogens is 358 g/mol. The highest BCUT2D eigenvalue weighted by Crippen LogP contribution is 2.40. The highest BCUT2D eigenvalue weighted by Gasteiger charge is 2.31. The zero-order chi connectivity index (χ0) is 17.9. The fourth-order valence-corrected chi connectivity index (χ4v) is 3.50. The van der Waals surface area contributed by atoms with E-state index in [1.54, 1.807) is 30.6 Å². The monoisotopic (exact) mass is 375 g/mol. The van der Waals surface area contributed by atoms with Gasteiger partial charge in [0, 0.05) is 18.9 Å². The Hall–Kier alpha value is -2.54. The van der Waals surface area contributed by atoms with E-state index in [1.165, 1.54) is 0 Å². The molecule has 1 aromatic heterocycles. The molecule has 0 spiro atoms. The molecule has 2 aliphatic heterocycles. The first-order valence-electron chi connectivity index (χ1n) is 8.50. The number of ether oxygens (including phenoxy) is 3. The molecule has 0 radical (unpaired) electrons. The molecule has 26 heavy (non-hydrogen) atoms. The second-order valence-electron chi connectivity index (χ2n) is 6.17. The summed E-state index contributed by atoms with van der Waals surface area (Å²) in [7, 11) is 0. The van der Waals surface area contributed by atoms with E-state index < -0.39 is 0 Å². The largest absolute Gasteiger partial charge is 0.459 e. The van der Waals surface area contributed by atoms with Crippen LogP contribution in [0.3, 0.4) is 0 Å². The van der Waals surface area contributed by atoms with Crippen molar-refractivity contribution in [3.05, 3.63) is 41.2 Å². The molecule has 4 rings (SSSR count). The molecule has 0 bridgehead atoms. The number of benzene rings is 1. The smallest absolute Gasteiger partial charge is 0.329 e. The van der Waals surface area contributed by atoms with Crippen molar-refractivity contribution in [1.29, 1.82) is 0 Å². The van der Waals surface area contributed by atoms with Crippen molar-refractivity contribution in [2.24, 2.45) is 0 Å². The van der Waals surface area contributed by atoms with Gasteiger partial charge in [-0.25, -0.2) is 14.8 Å². The summed E-state index contributed by atoms with van der Waals surface area (Å²) in [6.45, 7) is 1.00. The standard InChI is InChI=1S/C18H18ClN3O4/c19-13-8-12(9-15-16(13)26-11-25-15)10-24-17(23)14-4-1-2-7-22(14)18-20-5-3-6-21-18/h3,5-6,8-9,14H,1-2,4,7,10-11H2. The van der Waals surface area contributed by atoms with Gasteiger partial charge < -0.3 is 19.1 Å². The molecule has 0 aliphatic carbocycles. The first-order valence-corrected chi connectivity index (χ1v) is 8.88. The number of halogens is 1. The Morgan fingerprint density at radius 3 is 2.96 bits per heavy atom. The van der Waals surface area contributed by atoms with Crippen molar-refractivity contribution in [3.8, 4) is 11.5 Å². The second-order valence-corrected chi connectivity index (χ2v) is 6.58. The third kappa shape index (κ3) is 3.39. The second kappa shape index (κ2) is 7.37. The Balaban J connectivity index is 1.45. The van der Waals surface area contributed by atoms with Crippen LogP contribution in [0.4, 0.5) is 5.95 Å². The van der Waals surface area contributed by atoms with Gasteiger partial charge in [-0.05, 0) is 43.0 Å². The lowest BCUT2D eigenvalue weighted by Gasteiger charge is -2.33. The maximum absolute atomic E-state index is 12.7. The molecule has 0 N–H and O–H groups in total. The minimum atomic E-state index is -0.379. The molecule has 136 valence electrons. The van der Waals surface area contributed by atoms with E-state index in [1.807, 2.05) is 4.90 Å². The number of hydrogen-bond donors (Lipinski definition) is 0. The van der Waals surface area contributed by atoms with Gasteiger partial charge in [-0.1, -0.05) is 11.6 Å². The fourth-order valence-electron chi connectivity index (χ4n) is 3.21. The van der Waals surface area contributed by atoms with Gasteiger partial charge in [0.1, 0.15) is 12.6 Å². The summed E-state index contributed by atoms with van der Waals surface area (Å²) in [5.74, 6) is 1.37. The molecule has 8 heteroatoms. The van der Waals surface area contributed by atoms with Gasteiger partial charge in [-0.2, -0.15) is 0 Å². The lowest BCUT2D eigenvalue weighted by atomic mass is 10.0. The van der Waals surface area contributed by atoms with Gasteiger partial charge in [0.2, 0.25) is 12.7 Å². The third-order valence-corrected chi connectivity index (χ3v) is 4.73. The molecule has 2 aliphatic rings. The quantitative estimate of drug-likeness (QED) is 0.760. The Labute approximate surface area is 155 Å². The van der Waals surface area contributed by atoms with Crippen LogP contribution in [-0.2, 0) is 16.1 Å². The van der Waals surface area contributed by atoms with E-state index in [4.69, 9.17) is 25.8 Å². The summed E-state index contributed by atoms with van der Waals surface area (Å²) in [5, 5.41) is 0.447. The topological polar surface area (TPSA) is 73.8 Å². The Kier molecular flexibility index (Phi) is 4.79. The predicted molar refractivity (Wildman–Crippen MR) is 94.4 cm³/mol. The summed E-state index contributed by atoms with van der Waals surface area (Å²) in [5.41, 5.74) is 0.755. The summed E-state index contributed by atoms with van der Waals surface area (Å²) in [6.07, 6.45) is 6.04. The number of aromatic nitrogens is 2. The van der Waals surface area contributed by atoms with Gasteiger partial charge in [0.25, 0.3) is 0 Å². The molecule has 0 amide bonds. The molecule has 7 nitrogen and oxygen atoms in total. The molecule has 1 saturated heterocycles. The van der Waals surface area contributed by atoms with Crippen LogP contribution in [0.1, 0.15) is 24.8 Å². The van der Waals surface area contributed by atoms with E-state index in [0.29, 0.717) is 22.5 Å².